The van der Waals surface area contributed by atoms with Gasteiger partial charge in [0.25, 0.3) is 0 Å². The minimum atomic E-state index is 0.951. The average molecular weight is 261 g/mol. The first kappa shape index (κ1) is 14.0. The monoisotopic (exact) mass is 261 g/mol. The number of nitrogens with zero attached hydrogens (tertiary/aromatic N) is 1. The maximum atomic E-state index is 4.24. The van der Waals surface area contributed by atoms with E-state index in [1.807, 2.05) is 48.7 Å². The summed E-state index contributed by atoms with van der Waals surface area (Å²) in [6, 6.07) is 18.7. The zero-order valence-electron chi connectivity index (χ0n) is 11.7. The molecular weight excluding hydrogens is 242 g/mol. The van der Waals surface area contributed by atoms with Gasteiger partial charge in [-0.15, -0.1) is 0 Å². The molecule has 2 aromatic rings. The number of aryl methyl sites for hydroxylation is 1. The Morgan fingerprint density at radius 1 is 0.900 bits per heavy atom. The molecule has 0 saturated heterocycles. The molecule has 0 aliphatic carbocycles. The van der Waals surface area contributed by atoms with E-state index in [-0.39, 0.29) is 0 Å². The minimum Gasteiger partial charge on any atom is -0.264 e. The van der Waals surface area contributed by atoms with Crippen LogP contribution in [0.3, 0.4) is 0 Å². The van der Waals surface area contributed by atoms with Gasteiger partial charge in [0.2, 0.25) is 0 Å². The molecule has 0 aliphatic rings. The topological polar surface area (TPSA) is 12.4 Å². The SMILES string of the molecule is Cc1ccc(CC=CC=CN=Cc2ccccc2)cc1. The van der Waals surface area contributed by atoms with Crippen molar-refractivity contribution in [1.82, 2.24) is 0 Å². The second-order valence-corrected chi connectivity index (χ2v) is 4.65. The van der Waals surface area contributed by atoms with Crippen molar-refractivity contribution in [2.75, 3.05) is 0 Å². The fourth-order valence-corrected chi connectivity index (χ4v) is 1.77. The summed E-state index contributed by atoms with van der Waals surface area (Å²) in [5, 5.41) is 0. The fourth-order valence-electron chi connectivity index (χ4n) is 1.77. The number of hydrogen-bond donors (Lipinski definition) is 0. The number of aliphatic imine (C=N–C) groups is 1. The Morgan fingerprint density at radius 2 is 1.65 bits per heavy atom. The highest BCUT2D eigenvalue weighted by Gasteiger charge is 1.87. The Kier molecular flexibility index (Phi) is 5.53. The van der Waals surface area contributed by atoms with Crippen LogP contribution < -0.4 is 0 Å². The van der Waals surface area contributed by atoms with Gasteiger partial charge < -0.3 is 0 Å². The van der Waals surface area contributed by atoms with Gasteiger partial charge in [0.1, 0.15) is 0 Å². The standard InChI is InChI=1S/C19H19N/c1-17-11-13-18(14-12-17)8-6-3-7-15-20-16-19-9-4-2-5-10-19/h2-7,9-16H,8H2,1H3. The Balaban J connectivity index is 1.77. The summed E-state index contributed by atoms with van der Waals surface area (Å²) in [5.74, 6) is 0. The van der Waals surface area contributed by atoms with E-state index in [0.29, 0.717) is 0 Å². The molecule has 0 atom stereocenters. The molecule has 1 heteroatoms. The zero-order valence-corrected chi connectivity index (χ0v) is 11.7. The van der Waals surface area contributed by atoms with Crippen LogP contribution in [0.4, 0.5) is 0 Å². The number of hydrogen-bond acceptors (Lipinski definition) is 1. The maximum Gasteiger partial charge on any atom is 0.0340 e. The summed E-state index contributed by atoms with van der Waals surface area (Å²) in [6.45, 7) is 2.10. The molecule has 0 aliphatic heterocycles. The second-order valence-electron chi connectivity index (χ2n) is 4.65. The fraction of sp³-hybridized carbons (Fsp3) is 0.105. The van der Waals surface area contributed by atoms with Crippen molar-refractivity contribution in [3.8, 4) is 0 Å². The molecule has 0 aromatic heterocycles. The normalized spacial score (nSPS) is 11.8. The molecule has 0 radical (unpaired) electrons. The van der Waals surface area contributed by atoms with Gasteiger partial charge in [0, 0.05) is 12.4 Å². The molecule has 0 bridgehead atoms. The lowest BCUT2D eigenvalue weighted by Gasteiger charge is -1.96. The number of benzene rings is 2. The maximum absolute atomic E-state index is 4.24. The first-order valence-corrected chi connectivity index (χ1v) is 6.80. The molecule has 0 fully saturated rings. The van der Waals surface area contributed by atoms with E-state index in [1.165, 1.54) is 11.1 Å². The third-order valence-corrected chi connectivity index (χ3v) is 2.92. The van der Waals surface area contributed by atoms with Crippen LogP contribution in [0.1, 0.15) is 16.7 Å². The minimum absolute atomic E-state index is 0.951. The highest BCUT2D eigenvalue weighted by molar-refractivity contribution is 5.79. The van der Waals surface area contributed by atoms with Gasteiger partial charge >= 0.3 is 0 Å². The van der Waals surface area contributed by atoms with Crippen molar-refractivity contribution < 1.29 is 0 Å². The van der Waals surface area contributed by atoms with Crippen molar-refractivity contribution >= 4 is 6.21 Å². The highest BCUT2D eigenvalue weighted by atomic mass is 14.7. The van der Waals surface area contributed by atoms with Crippen LogP contribution in [-0.4, -0.2) is 6.21 Å². The van der Waals surface area contributed by atoms with Gasteiger partial charge in [-0.2, -0.15) is 0 Å². The summed E-state index contributed by atoms with van der Waals surface area (Å²) in [7, 11) is 0. The predicted octanol–water partition coefficient (Wildman–Crippen LogP) is 4.73. The molecule has 20 heavy (non-hydrogen) atoms. The van der Waals surface area contributed by atoms with Gasteiger partial charge in [0.15, 0.2) is 0 Å². The van der Waals surface area contributed by atoms with Crippen LogP contribution in [0.5, 0.6) is 0 Å². The molecule has 0 spiro atoms. The van der Waals surface area contributed by atoms with Gasteiger partial charge in [0.05, 0.1) is 0 Å². The van der Waals surface area contributed by atoms with Crippen LogP contribution in [0.2, 0.25) is 0 Å². The lowest BCUT2D eigenvalue weighted by Crippen LogP contribution is -1.80. The van der Waals surface area contributed by atoms with E-state index in [9.17, 15) is 0 Å². The van der Waals surface area contributed by atoms with Crippen molar-refractivity contribution in [3.05, 3.63) is 95.7 Å². The Labute approximate surface area is 121 Å². The molecule has 2 aromatic carbocycles. The van der Waals surface area contributed by atoms with Gasteiger partial charge in [-0.3, -0.25) is 4.99 Å². The van der Waals surface area contributed by atoms with Crippen LogP contribution in [-0.2, 0) is 6.42 Å². The summed E-state index contributed by atoms with van der Waals surface area (Å²) < 4.78 is 0. The van der Waals surface area contributed by atoms with E-state index in [0.717, 1.165) is 12.0 Å². The Hall–Kier alpha value is -2.41. The largest absolute Gasteiger partial charge is 0.264 e. The van der Waals surface area contributed by atoms with Crippen molar-refractivity contribution in [2.45, 2.75) is 13.3 Å². The van der Waals surface area contributed by atoms with Crippen LogP contribution in [0, 0.1) is 6.92 Å². The van der Waals surface area contributed by atoms with Crippen LogP contribution >= 0.6 is 0 Å². The van der Waals surface area contributed by atoms with Crippen LogP contribution in [0.15, 0.2) is 84.0 Å². The smallest absolute Gasteiger partial charge is 0.0340 e. The molecule has 0 saturated carbocycles. The molecule has 0 N–H and O–H groups in total. The van der Waals surface area contributed by atoms with E-state index >= 15 is 0 Å². The van der Waals surface area contributed by atoms with E-state index in [1.54, 1.807) is 6.20 Å². The van der Waals surface area contributed by atoms with Crippen molar-refractivity contribution in [3.63, 3.8) is 0 Å². The summed E-state index contributed by atoms with van der Waals surface area (Å²) in [4.78, 5) is 4.24. The average Bonchev–Trinajstić information content (AvgIpc) is 2.49. The third kappa shape index (κ3) is 5.07. The summed E-state index contributed by atoms with van der Waals surface area (Å²) in [6.07, 6.45) is 10.7. The molecular formula is C19H19N. The third-order valence-electron chi connectivity index (χ3n) is 2.92. The lowest BCUT2D eigenvalue weighted by atomic mass is 10.1. The first-order valence-electron chi connectivity index (χ1n) is 6.80. The lowest BCUT2D eigenvalue weighted by molar-refractivity contribution is 1.26. The van der Waals surface area contributed by atoms with E-state index < -0.39 is 0 Å². The number of rotatable bonds is 5. The molecule has 2 rings (SSSR count). The number of allylic oxidation sites excluding steroid dienone is 3. The molecule has 0 heterocycles. The second kappa shape index (κ2) is 7.90. The predicted molar refractivity (Wildman–Crippen MR) is 87.2 cm³/mol. The first-order chi connectivity index (χ1) is 9.84. The summed E-state index contributed by atoms with van der Waals surface area (Å²) in [5.41, 5.74) is 3.74. The molecule has 1 nitrogen and oxygen atoms in total. The molecule has 100 valence electrons. The van der Waals surface area contributed by atoms with Crippen LogP contribution in [0.25, 0.3) is 0 Å². The zero-order chi connectivity index (χ0) is 14.0. The molecule has 0 amide bonds. The van der Waals surface area contributed by atoms with E-state index in [4.69, 9.17) is 0 Å². The quantitative estimate of drug-likeness (QED) is 0.545. The Morgan fingerprint density at radius 3 is 2.40 bits per heavy atom. The summed E-state index contributed by atoms with van der Waals surface area (Å²) >= 11 is 0. The van der Waals surface area contributed by atoms with Gasteiger partial charge in [-0.1, -0.05) is 72.3 Å². The van der Waals surface area contributed by atoms with Crippen molar-refractivity contribution in [2.24, 2.45) is 4.99 Å². The highest BCUT2D eigenvalue weighted by Crippen LogP contribution is 2.04. The molecule has 0 unspecified atom stereocenters. The van der Waals surface area contributed by atoms with Gasteiger partial charge in [-0.25, -0.2) is 0 Å². The van der Waals surface area contributed by atoms with E-state index in [2.05, 4.69) is 42.3 Å². The van der Waals surface area contributed by atoms with Crippen molar-refractivity contribution in [1.29, 1.82) is 0 Å². The Bertz CT molecular complexity index is 589. The van der Waals surface area contributed by atoms with Gasteiger partial charge in [-0.05, 0) is 30.5 Å².